The van der Waals surface area contributed by atoms with Crippen molar-refractivity contribution >= 4 is 11.6 Å². The van der Waals surface area contributed by atoms with Crippen molar-refractivity contribution in [3.05, 3.63) is 30.1 Å². The Morgan fingerprint density at radius 2 is 2.13 bits per heavy atom. The zero-order valence-electron chi connectivity index (χ0n) is 8.60. The molecule has 2 heterocycles. The first-order valence-electron chi connectivity index (χ1n) is 5.00. The largest absolute Gasteiger partial charge is 0.272 e. The van der Waals surface area contributed by atoms with Crippen LogP contribution in [0.4, 0.5) is 0 Å². The van der Waals surface area contributed by atoms with Crippen molar-refractivity contribution in [2.24, 2.45) is 11.0 Å². The topological polar surface area (TPSA) is 54.4 Å². The summed E-state index contributed by atoms with van der Waals surface area (Å²) < 4.78 is 0. The number of amides is 1. The van der Waals surface area contributed by atoms with E-state index in [9.17, 15) is 4.79 Å². The summed E-state index contributed by atoms with van der Waals surface area (Å²) >= 11 is 0. The number of nitrogens with zero attached hydrogens (tertiary/aromatic N) is 2. The first-order chi connectivity index (χ1) is 7.27. The molecule has 0 radical (unpaired) electrons. The highest BCUT2D eigenvalue weighted by Gasteiger charge is 2.25. The summed E-state index contributed by atoms with van der Waals surface area (Å²) in [6.45, 7) is 1.88. The van der Waals surface area contributed by atoms with E-state index in [1.807, 2.05) is 19.1 Å². The van der Waals surface area contributed by atoms with E-state index in [1.165, 1.54) is 5.56 Å². The summed E-state index contributed by atoms with van der Waals surface area (Å²) in [5.74, 6) is -0.0419. The molecule has 0 bridgehead atoms. The van der Waals surface area contributed by atoms with Crippen LogP contribution in [-0.4, -0.2) is 16.6 Å². The van der Waals surface area contributed by atoms with Crippen molar-refractivity contribution in [3.8, 4) is 0 Å². The third kappa shape index (κ3) is 2.21. The van der Waals surface area contributed by atoms with Gasteiger partial charge in [0.2, 0.25) is 5.91 Å². The first-order valence-corrected chi connectivity index (χ1v) is 5.00. The molecule has 1 N–H and O–H groups in total. The molecule has 4 heteroatoms. The molecule has 1 aliphatic heterocycles. The molecule has 0 spiro atoms. The smallest absolute Gasteiger partial charge is 0.248 e. The van der Waals surface area contributed by atoms with E-state index in [0.29, 0.717) is 0 Å². The number of hydrazone groups is 1. The molecule has 15 heavy (non-hydrogen) atoms. The number of hydrogen-bond acceptors (Lipinski definition) is 3. The fourth-order valence-corrected chi connectivity index (χ4v) is 1.69. The molecular weight excluding hydrogens is 190 g/mol. The third-order valence-corrected chi connectivity index (χ3v) is 2.63. The van der Waals surface area contributed by atoms with Crippen molar-refractivity contribution in [1.29, 1.82) is 0 Å². The summed E-state index contributed by atoms with van der Waals surface area (Å²) in [5, 5.41) is 3.92. The Labute approximate surface area is 88.4 Å². The van der Waals surface area contributed by atoms with E-state index in [-0.39, 0.29) is 11.8 Å². The lowest BCUT2D eigenvalue weighted by atomic mass is 9.96. The summed E-state index contributed by atoms with van der Waals surface area (Å²) in [6.07, 6.45) is 5.23. The average Bonchev–Trinajstić information content (AvgIpc) is 2.58. The van der Waals surface area contributed by atoms with Gasteiger partial charge in [0.1, 0.15) is 0 Å². The highest BCUT2D eigenvalue weighted by molar-refractivity contribution is 6.06. The van der Waals surface area contributed by atoms with Crippen LogP contribution < -0.4 is 5.43 Å². The van der Waals surface area contributed by atoms with Gasteiger partial charge in [0.25, 0.3) is 0 Å². The Morgan fingerprint density at radius 3 is 2.73 bits per heavy atom. The number of carbonyl (C=O) groups is 1. The fourth-order valence-electron chi connectivity index (χ4n) is 1.69. The summed E-state index contributed by atoms with van der Waals surface area (Å²) in [5.41, 5.74) is 4.58. The minimum absolute atomic E-state index is 0.0153. The van der Waals surface area contributed by atoms with E-state index >= 15 is 0 Å². The van der Waals surface area contributed by atoms with E-state index in [0.717, 1.165) is 18.6 Å². The quantitative estimate of drug-likeness (QED) is 0.800. The third-order valence-electron chi connectivity index (χ3n) is 2.63. The van der Waals surface area contributed by atoms with Gasteiger partial charge in [-0.15, -0.1) is 0 Å². The molecule has 1 atom stereocenters. The Morgan fingerprint density at radius 1 is 1.40 bits per heavy atom. The average molecular weight is 203 g/mol. The predicted octanol–water partition coefficient (Wildman–Crippen LogP) is 1.14. The predicted molar refractivity (Wildman–Crippen MR) is 57.3 cm³/mol. The molecule has 2 rings (SSSR count). The van der Waals surface area contributed by atoms with Crippen LogP contribution in [0, 0.1) is 5.92 Å². The maximum absolute atomic E-state index is 11.4. The molecule has 78 valence electrons. The van der Waals surface area contributed by atoms with Crippen LogP contribution >= 0.6 is 0 Å². The Kier molecular flexibility index (Phi) is 2.76. The highest BCUT2D eigenvalue weighted by Crippen LogP contribution is 2.14. The lowest BCUT2D eigenvalue weighted by Crippen LogP contribution is -2.22. The molecule has 1 aliphatic rings. The molecule has 4 nitrogen and oxygen atoms in total. The van der Waals surface area contributed by atoms with E-state index in [4.69, 9.17) is 0 Å². The number of pyridine rings is 1. The molecule has 1 aromatic rings. The summed E-state index contributed by atoms with van der Waals surface area (Å²) in [7, 11) is 0. The molecule has 0 aliphatic carbocycles. The number of carbonyl (C=O) groups excluding carboxylic acids is 1. The minimum Gasteiger partial charge on any atom is -0.272 e. The molecule has 1 unspecified atom stereocenters. The van der Waals surface area contributed by atoms with Crippen molar-refractivity contribution in [3.63, 3.8) is 0 Å². The molecular formula is C11H13N3O. The number of aryl methyl sites for hydroxylation is 1. The van der Waals surface area contributed by atoms with Crippen LogP contribution in [0.1, 0.15) is 18.9 Å². The van der Waals surface area contributed by atoms with Crippen LogP contribution in [0.25, 0.3) is 0 Å². The molecule has 0 fully saturated rings. The molecule has 1 aromatic heterocycles. The summed E-state index contributed by atoms with van der Waals surface area (Å²) in [4.78, 5) is 15.3. The van der Waals surface area contributed by atoms with Crippen LogP contribution in [0.15, 0.2) is 29.6 Å². The monoisotopic (exact) mass is 203 g/mol. The standard InChI is InChI=1S/C11H13N3O/c1-8-10(11(15)14-13-8)3-2-9-4-6-12-7-5-9/h4-7,10H,2-3H2,1H3,(H,14,15). The highest BCUT2D eigenvalue weighted by atomic mass is 16.2. The van der Waals surface area contributed by atoms with Gasteiger partial charge in [-0.3, -0.25) is 9.78 Å². The van der Waals surface area contributed by atoms with Gasteiger partial charge in [-0.1, -0.05) is 0 Å². The Balaban J connectivity index is 1.94. The van der Waals surface area contributed by atoms with Gasteiger partial charge in [-0.25, -0.2) is 5.43 Å². The minimum atomic E-state index is -0.0573. The second-order valence-corrected chi connectivity index (χ2v) is 3.68. The molecule has 0 aromatic carbocycles. The zero-order valence-corrected chi connectivity index (χ0v) is 8.60. The van der Waals surface area contributed by atoms with Crippen LogP contribution in [0.3, 0.4) is 0 Å². The SMILES string of the molecule is CC1=NNC(=O)C1CCc1ccncc1. The molecule has 1 amide bonds. The Hall–Kier alpha value is -1.71. The normalized spacial score (nSPS) is 19.9. The lowest BCUT2D eigenvalue weighted by molar-refractivity contribution is -0.122. The number of hydrogen-bond donors (Lipinski definition) is 1. The van der Waals surface area contributed by atoms with Gasteiger partial charge in [0.15, 0.2) is 0 Å². The van der Waals surface area contributed by atoms with Gasteiger partial charge in [-0.2, -0.15) is 5.10 Å². The Bertz CT molecular complexity index is 386. The van der Waals surface area contributed by atoms with Crippen LogP contribution in [-0.2, 0) is 11.2 Å². The van der Waals surface area contributed by atoms with Gasteiger partial charge in [-0.05, 0) is 37.5 Å². The van der Waals surface area contributed by atoms with Gasteiger partial charge in [0.05, 0.1) is 5.92 Å². The van der Waals surface area contributed by atoms with Crippen molar-refractivity contribution in [2.75, 3.05) is 0 Å². The van der Waals surface area contributed by atoms with E-state index < -0.39 is 0 Å². The van der Waals surface area contributed by atoms with Crippen molar-refractivity contribution in [1.82, 2.24) is 10.4 Å². The number of nitrogens with one attached hydrogen (secondary N) is 1. The van der Waals surface area contributed by atoms with Gasteiger partial charge >= 0.3 is 0 Å². The van der Waals surface area contributed by atoms with Crippen molar-refractivity contribution < 1.29 is 4.79 Å². The number of aromatic nitrogens is 1. The molecule has 0 saturated heterocycles. The second-order valence-electron chi connectivity index (χ2n) is 3.68. The maximum atomic E-state index is 11.4. The van der Waals surface area contributed by atoms with Crippen molar-refractivity contribution in [2.45, 2.75) is 19.8 Å². The second kappa shape index (κ2) is 4.21. The maximum Gasteiger partial charge on any atom is 0.248 e. The lowest BCUT2D eigenvalue weighted by Gasteiger charge is -2.06. The van der Waals surface area contributed by atoms with E-state index in [1.54, 1.807) is 12.4 Å². The first kappa shape index (κ1) is 9.83. The number of rotatable bonds is 3. The van der Waals surface area contributed by atoms with Gasteiger partial charge in [0, 0.05) is 18.1 Å². The fraction of sp³-hybridized carbons (Fsp3) is 0.364. The van der Waals surface area contributed by atoms with Crippen LogP contribution in [0.5, 0.6) is 0 Å². The zero-order chi connectivity index (χ0) is 10.7. The summed E-state index contributed by atoms with van der Waals surface area (Å²) in [6, 6.07) is 3.94. The van der Waals surface area contributed by atoms with Crippen LogP contribution in [0.2, 0.25) is 0 Å². The van der Waals surface area contributed by atoms with E-state index in [2.05, 4.69) is 15.5 Å². The molecule has 0 saturated carbocycles. The van der Waals surface area contributed by atoms with Gasteiger partial charge < -0.3 is 0 Å².